The van der Waals surface area contributed by atoms with Crippen molar-refractivity contribution in [2.75, 3.05) is 25.9 Å². The second-order valence-electron chi connectivity index (χ2n) is 4.22. The van der Waals surface area contributed by atoms with Crippen LogP contribution in [0.3, 0.4) is 0 Å². The van der Waals surface area contributed by atoms with Crippen molar-refractivity contribution in [3.63, 3.8) is 0 Å². The van der Waals surface area contributed by atoms with E-state index in [0.29, 0.717) is 0 Å². The zero-order chi connectivity index (χ0) is 11.6. The molecule has 1 atom stereocenters. The third-order valence-electron chi connectivity index (χ3n) is 2.82. The van der Waals surface area contributed by atoms with Crippen LogP contribution in [-0.2, 0) is 0 Å². The van der Waals surface area contributed by atoms with Crippen LogP contribution < -0.4 is 10.6 Å². The summed E-state index contributed by atoms with van der Waals surface area (Å²) in [6.45, 7) is 4.31. The summed E-state index contributed by atoms with van der Waals surface area (Å²) in [6, 6.07) is 0. The van der Waals surface area contributed by atoms with Crippen LogP contribution in [0.1, 0.15) is 39.0 Å². The molecule has 0 radical (unpaired) electrons. The molecule has 1 aliphatic rings. The maximum Gasteiger partial charge on any atom is 0.191 e. The van der Waals surface area contributed by atoms with Gasteiger partial charge < -0.3 is 10.6 Å². The van der Waals surface area contributed by atoms with E-state index in [1.165, 1.54) is 37.9 Å². The van der Waals surface area contributed by atoms with E-state index in [4.69, 9.17) is 0 Å². The quantitative estimate of drug-likeness (QED) is 0.427. The molecule has 2 N–H and O–H groups in total. The number of hydrogen-bond acceptors (Lipinski definition) is 2. The number of nitrogens with zero attached hydrogens (tertiary/aromatic N) is 1. The minimum atomic E-state index is 0.786. The van der Waals surface area contributed by atoms with Gasteiger partial charge >= 0.3 is 0 Å². The van der Waals surface area contributed by atoms with Gasteiger partial charge in [0, 0.05) is 25.4 Å². The van der Waals surface area contributed by atoms with Crippen molar-refractivity contribution in [3.05, 3.63) is 0 Å². The van der Waals surface area contributed by atoms with Gasteiger partial charge in [-0.1, -0.05) is 19.8 Å². The van der Waals surface area contributed by atoms with Crippen molar-refractivity contribution in [3.8, 4) is 0 Å². The van der Waals surface area contributed by atoms with Gasteiger partial charge in [-0.3, -0.25) is 4.99 Å². The molecular formula is C12H25N3S. The number of unbranched alkanes of at least 4 members (excludes halogenated alkanes) is 2. The van der Waals surface area contributed by atoms with Crippen molar-refractivity contribution in [1.82, 2.24) is 10.6 Å². The van der Waals surface area contributed by atoms with Crippen LogP contribution in [0.25, 0.3) is 0 Å². The summed E-state index contributed by atoms with van der Waals surface area (Å²) in [4.78, 5) is 4.23. The molecule has 94 valence electrons. The Hall–Kier alpha value is -0.380. The molecule has 0 bridgehead atoms. The lowest BCUT2D eigenvalue weighted by molar-refractivity contribution is 0.675. The standard InChI is InChI=1S/C12H25N3S/c1-3-4-5-8-14-12(13-2)15-10-11-7-6-9-16-11/h11H,3-10H2,1-2H3,(H2,13,14,15). The van der Waals surface area contributed by atoms with E-state index >= 15 is 0 Å². The lowest BCUT2D eigenvalue weighted by atomic mass is 10.2. The molecule has 1 unspecified atom stereocenters. The highest BCUT2D eigenvalue weighted by molar-refractivity contribution is 8.00. The van der Waals surface area contributed by atoms with Crippen LogP contribution in [0.2, 0.25) is 0 Å². The van der Waals surface area contributed by atoms with Crippen molar-refractivity contribution >= 4 is 17.7 Å². The average Bonchev–Trinajstić information content (AvgIpc) is 2.81. The largest absolute Gasteiger partial charge is 0.356 e. The Bertz CT molecular complexity index is 200. The Morgan fingerprint density at radius 2 is 2.25 bits per heavy atom. The van der Waals surface area contributed by atoms with E-state index in [-0.39, 0.29) is 0 Å². The molecule has 0 aliphatic carbocycles. The summed E-state index contributed by atoms with van der Waals surface area (Å²) in [5, 5.41) is 7.55. The zero-order valence-electron chi connectivity index (χ0n) is 10.6. The average molecular weight is 243 g/mol. The molecule has 0 spiro atoms. The van der Waals surface area contributed by atoms with E-state index in [2.05, 4.69) is 34.3 Å². The summed E-state index contributed by atoms with van der Waals surface area (Å²) in [7, 11) is 1.84. The lowest BCUT2D eigenvalue weighted by Crippen LogP contribution is -2.40. The topological polar surface area (TPSA) is 36.4 Å². The molecule has 1 rings (SSSR count). The molecule has 0 saturated carbocycles. The third-order valence-corrected chi connectivity index (χ3v) is 4.22. The second kappa shape index (κ2) is 8.74. The first-order valence-electron chi connectivity index (χ1n) is 6.43. The molecule has 1 heterocycles. The van der Waals surface area contributed by atoms with Crippen molar-refractivity contribution in [2.24, 2.45) is 4.99 Å². The highest BCUT2D eigenvalue weighted by atomic mass is 32.2. The van der Waals surface area contributed by atoms with Gasteiger partial charge in [0.2, 0.25) is 0 Å². The van der Waals surface area contributed by atoms with Crippen molar-refractivity contribution in [1.29, 1.82) is 0 Å². The molecule has 16 heavy (non-hydrogen) atoms. The maximum absolute atomic E-state index is 4.23. The highest BCUT2D eigenvalue weighted by Crippen LogP contribution is 2.25. The monoisotopic (exact) mass is 243 g/mol. The van der Waals surface area contributed by atoms with Gasteiger partial charge in [-0.05, 0) is 25.0 Å². The SMILES string of the molecule is CCCCCNC(=NC)NCC1CCCS1. The van der Waals surface area contributed by atoms with E-state index in [9.17, 15) is 0 Å². The van der Waals surface area contributed by atoms with E-state index in [1.807, 2.05) is 7.05 Å². The maximum atomic E-state index is 4.23. The Morgan fingerprint density at radius 1 is 1.38 bits per heavy atom. The zero-order valence-corrected chi connectivity index (χ0v) is 11.4. The normalized spacial score (nSPS) is 21.1. The summed E-state index contributed by atoms with van der Waals surface area (Å²) in [5.74, 6) is 2.29. The van der Waals surface area contributed by atoms with Crippen LogP contribution in [0.4, 0.5) is 0 Å². The molecule has 0 amide bonds. The first kappa shape index (κ1) is 13.7. The Kier molecular flexibility index (Phi) is 7.47. The summed E-state index contributed by atoms with van der Waals surface area (Å²) >= 11 is 2.08. The summed E-state index contributed by atoms with van der Waals surface area (Å²) < 4.78 is 0. The summed E-state index contributed by atoms with van der Waals surface area (Å²) in [6.07, 6.45) is 6.52. The Labute approximate surface area is 104 Å². The molecule has 4 heteroatoms. The van der Waals surface area contributed by atoms with Crippen molar-refractivity contribution < 1.29 is 0 Å². The van der Waals surface area contributed by atoms with E-state index < -0.39 is 0 Å². The second-order valence-corrected chi connectivity index (χ2v) is 5.63. The van der Waals surface area contributed by atoms with Gasteiger partial charge in [-0.2, -0.15) is 11.8 Å². The molecule has 1 fully saturated rings. The predicted molar refractivity (Wildman–Crippen MR) is 74.4 cm³/mol. The lowest BCUT2D eigenvalue weighted by Gasteiger charge is -2.14. The molecular weight excluding hydrogens is 218 g/mol. The predicted octanol–water partition coefficient (Wildman–Crippen LogP) is 2.24. The minimum Gasteiger partial charge on any atom is -0.356 e. The fraction of sp³-hybridized carbons (Fsp3) is 0.917. The van der Waals surface area contributed by atoms with Crippen LogP contribution in [0, 0.1) is 0 Å². The van der Waals surface area contributed by atoms with Crippen LogP contribution in [-0.4, -0.2) is 37.1 Å². The van der Waals surface area contributed by atoms with Gasteiger partial charge in [-0.15, -0.1) is 0 Å². The van der Waals surface area contributed by atoms with Crippen LogP contribution in [0.5, 0.6) is 0 Å². The van der Waals surface area contributed by atoms with Gasteiger partial charge in [0.05, 0.1) is 0 Å². The van der Waals surface area contributed by atoms with E-state index in [1.54, 1.807) is 0 Å². The number of rotatable bonds is 6. The fourth-order valence-electron chi connectivity index (χ4n) is 1.82. The van der Waals surface area contributed by atoms with Gasteiger partial charge in [0.1, 0.15) is 0 Å². The van der Waals surface area contributed by atoms with Gasteiger partial charge in [0.15, 0.2) is 5.96 Å². The highest BCUT2D eigenvalue weighted by Gasteiger charge is 2.15. The first-order chi connectivity index (χ1) is 7.86. The summed E-state index contributed by atoms with van der Waals surface area (Å²) in [5.41, 5.74) is 0. The van der Waals surface area contributed by atoms with Gasteiger partial charge in [-0.25, -0.2) is 0 Å². The number of thioether (sulfide) groups is 1. The number of nitrogens with one attached hydrogen (secondary N) is 2. The third kappa shape index (κ3) is 5.64. The van der Waals surface area contributed by atoms with Gasteiger partial charge in [0.25, 0.3) is 0 Å². The smallest absolute Gasteiger partial charge is 0.191 e. The van der Waals surface area contributed by atoms with Crippen LogP contribution >= 0.6 is 11.8 Å². The number of aliphatic imine (C=N–C) groups is 1. The van der Waals surface area contributed by atoms with Crippen molar-refractivity contribution in [2.45, 2.75) is 44.3 Å². The van der Waals surface area contributed by atoms with Crippen LogP contribution in [0.15, 0.2) is 4.99 Å². The fourth-order valence-corrected chi connectivity index (χ4v) is 3.02. The minimum absolute atomic E-state index is 0.786. The Balaban J connectivity index is 2.06. The molecule has 0 aromatic carbocycles. The molecule has 1 aliphatic heterocycles. The number of hydrogen-bond donors (Lipinski definition) is 2. The molecule has 1 saturated heterocycles. The first-order valence-corrected chi connectivity index (χ1v) is 7.47. The molecule has 3 nitrogen and oxygen atoms in total. The Morgan fingerprint density at radius 3 is 2.88 bits per heavy atom. The molecule has 0 aromatic rings. The number of guanidine groups is 1. The molecule has 0 aromatic heterocycles. The van der Waals surface area contributed by atoms with E-state index in [0.717, 1.165) is 24.3 Å².